The van der Waals surface area contributed by atoms with Crippen LogP contribution in [0.15, 0.2) is 30.3 Å². The number of nitrogens with one attached hydrogen (secondary N) is 1. The van der Waals surface area contributed by atoms with Gasteiger partial charge in [0.25, 0.3) is 0 Å². The van der Waals surface area contributed by atoms with Gasteiger partial charge in [0.2, 0.25) is 0 Å². The van der Waals surface area contributed by atoms with E-state index in [9.17, 15) is 0 Å². The van der Waals surface area contributed by atoms with E-state index in [-0.39, 0.29) is 0 Å². The summed E-state index contributed by atoms with van der Waals surface area (Å²) < 4.78 is 5.94. The summed E-state index contributed by atoms with van der Waals surface area (Å²) in [4.78, 5) is 4.63. The summed E-state index contributed by atoms with van der Waals surface area (Å²) in [6.45, 7) is 3.74. The first-order valence-corrected chi connectivity index (χ1v) is 7.01. The second-order valence-corrected chi connectivity index (χ2v) is 4.71. The fourth-order valence-electron chi connectivity index (χ4n) is 2.12. The van der Waals surface area contributed by atoms with Crippen molar-refractivity contribution in [1.82, 2.24) is 10.3 Å². The molecule has 0 atom stereocenters. The van der Waals surface area contributed by atoms with Gasteiger partial charge in [-0.1, -0.05) is 31.9 Å². The first-order valence-electron chi connectivity index (χ1n) is 7.01. The number of pyridine rings is 1. The van der Waals surface area contributed by atoms with E-state index < -0.39 is 0 Å². The summed E-state index contributed by atoms with van der Waals surface area (Å²) in [6, 6.07) is 10.2. The number of rotatable bonds is 7. The van der Waals surface area contributed by atoms with Crippen molar-refractivity contribution in [2.45, 2.75) is 32.7 Å². The van der Waals surface area contributed by atoms with Gasteiger partial charge in [0.05, 0.1) is 17.8 Å². The predicted octanol–water partition coefficient (Wildman–Crippen LogP) is 3.52. The molecule has 0 fully saturated rings. The third kappa shape index (κ3) is 3.67. The molecule has 1 heterocycles. The van der Waals surface area contributed by atoms with Crippen LogP contribution >= 0.6 is 0 Å². The SMILES string of the molecule is CCCCCOc1cc(CNC)nc2ccccc12. The van der Waals surface area contributed by atoms with E-state index in [1.807, 2.05) is 31.3 Å². The van der Waals surface area contributed by atoms with Crippen molar-refractivity contribution in [1.29, 1.82) is 0 Å². The van der Waals surface area contributed by atoms with Crippen LogP contribution in [0.4, 0.5) is 0 Å². The molecule has 3 heteroatoms. The van der Waals surface area contributed by atoms with E-state index in [0.717, 1.165) is 41.9 Å². The Bertz CT molecular complexity index is 525. The molecule has 0 spiro atoms. The van der Waals surface area contributed by atoms with Gasteiger partial charge in [-0.3, -0.25) is 4.98 Å². The van der Waals surface area contributed by atoms with E-state index in [1.54, 1.807) is 0 Å². The molecule has 102 valence electrons. The Morgan fingerprint density at radius 1 is 1.21 bits per heavy atom. The molecular formula is C16H22N2O. The molecule has 1 aromatic heterocycles. The number of para-hydroxylation sites is 1. The molecule has 2 rings (SSSR count). The number of ether oxygens (including phenoxy) is 1. The molecule has 0 aliphatic heterocycles. The zero-order chi connectivity index (χ0) is 13.5. The molecule has 0 amide bonds. The smallest absolute Gasteiger partial charge is 0.130 e. The molecule has 0 unspecified atom stereocenters. The van der Waals surface area contributed by atoms with Gasteiger partial charge in [0.15, 0.2) is 0 Å². The minimum atomic E-state index is 0.760. The maximum Gasteiger partial charge on any atom is 0.130 e. The summed E-state index contributed by atoms with van der Waals surface area (Å²) in [5.74, 6) is 0.951. The molecule has 0 bridgehead atoms. The normalized spacial score (nSPS) is 10.8. The maximum atomic E-state index is 5.94. The highest BCUT2D eigenvalue weighted by Gasteiger charge is 2.06. The Labute approximate surface area is 115 Å². The number of nitrogens with zero attached hydrogens (tertiary/aromatic N) is 1. The van der Waals surface area contributed by atoms with Crippen LogP contribution in [-0.2, 0) is 6.54 Å². The van der Waals surface area contributed by atoms with Crippen LogP contribution in [0.2, 0.25) is 0 Å². The highest BCUT2D eigenvalue weighted by Crippen LogP contribution is 2.25. The molecule has 1 N–H and O–H groups in total. The minimum absolute atomic E-state index is 0.760. The van der Waals surface area contributed by atoms with Crippen LogP contribution < -0.4 is 10.1 Å². The Kier molecular flexibility index (Phi) is 5.16. The lowest BCUT2D eigenvalue weighted by molar-refractivity contribution is 0.309. The number of aromatic nitrogens is 1. The van der Waals surface area contributed by atoms with Gasteiger partial charge in [-0.15, -0.1) is 0 Å². The topological polar surface area (TPSA) is 34.1 Å². The summed E-state index contributed by atoms with van der Waals surface area (Å²) >= 11 is 0. The molecule has 0 aliphatic rings. The van der Waals surface area contributed by atoms with Crippen molar-refractivity contribution >= 4 is 10.9 Å². The van der Waals surface area contributed by atoms with Crippen molar-refractivity contribution < 1.29 is 4.74 Å². The Hall–Kier alpha value is -1.61. The predicted molar refractivity (Wildman–Crippen MR) is 79.5 cm³/mol. The largest absolute Gasteiger partial charge is 0.493 e. The lowest BCUT2D eigenvalue weighted by Gasteiger charge is -2.11. The fraction of sp³-hybridized carbons (Fsp3) is 0.438. The lowest BCUT2D eigenvalue weighted by atomic mass is 10.2. The van der Waals surface area contributed by atoms with E-state index in [4.69, 9.17) is 4.74 Å². The Morgan fingerprint density at radius 3 is 2.84 bits per heavy atom. The van der Waals surface area contributed by atoms with E-state index >= 15 is 0 Å². The summed E-state index contributed by atoms with van der Waals surface area (Å²) in [5, 5.41) is 4.23. The van der Waals surface area contributed by atoms with Crippen LogP contribution in [0.25, 0.3) is 10.9 Å². The van der Waals surface area contributed by atoms with Crippen LogP contribution in [0.1, 0.15) is 31.9 Å². The Balaban J connectivity index is 2.23. The van der Waals surface area contributed by atoms with Crippen LogP contribution in [0.3, 0.4) is 0 Å². The molecular weight excluding hydrogens is 236 g/mol. The fourth-order valence-corrected chi connectivity index (χ4v) is 2.12. The number of hydrogen-bond donors (Lipinski definition) is 1. The van der Waals surface area contributed by atoms with E-state index in [1.165, 1.54) is 12.8 Å². The van der Waals surface area contributed by atoms with Crippen molar-refractivity contribution in [2.24, 2.45) is 0 Å². The standard InChI is InChI=1S/C16H22N2O/c1-3-4-7-10-19-16-11-13(12-17-2)18-15-9-6-5-8-14(15)16/h5-6,8-9,11,17H,3-4,7,10,12H2,1-2H3. The van der Waals surface area contributed by atoms with Gasteiger partial charge in [0, 0.05) is 18.0 Å². The monoisotopic (exact) mass is 258 g/mol. The molecule has 2 aromatic rings. The van der Waals surface area contributed by atoms with Gasteiger partial charge in [0.1, 0.15) is 5.75 Å². The number of fused-ring (bicyclic) bond motifs is 1. The van der Waals surface area contributed by atoms with E-state index in [0.29, 0.717) is 0 Å². The second-order valence-electron chi connectivity index (χ2n) is 4.71. The summed E-state index contributed by atoms with van der Waals surface area (Å²) in [7, 11) is 1.93. The molecule has 0 saturated carbocycles. The van der Waals surface area contributed by atoms with Gasteiger partial charge < -0.3 is 10.1 Å². The highest BCUT2D eigenvalue weighted by atomic mass is 16.5. The molecule has 0 saturated heterocycles. The molecule has 3 nitrogen and oxygen atoms in total. The zero-order valence-corrected chi connectivity index (χ0v) is 11.8. The molecule has 0 aliphatic carbocycles. The second kappa shape index (κ2) is 7.10. The number of hydrogen-bond acceptors (Lipinski definition) is 3. The van der Waals surface area contributed by atoms with Crippen molar-refractivity contribution in [3.05, 3.63) is 36.0 Å². The quantitative estimate of drug-likeness (QED) is 0.771. The molecule has 19 heavy (non-hydrogen) atoms. The van der Waals surface area contributed by atoms with Crippen LogP contribution in [-0.4, -0.2) is 18.6 Å². The minimum Gasteiger partial charge on any atom is -0.493 e. The van der Waals surface area contributed by atoms with E-state index in [2.05, 4.69) is 23.3 Å². The highest BCUT2D eigenvalue weighted by molar-refractivity contribution is 5.85. The van der Waals surface area contributed by atoms with Crippen LogP contribution in [0, 0.1) is 0 Å². The Morgan fingerprint density at radius 2 is 2.05 bits per heavy atom. The van der Waals surface area contributed by atoms with Crippen LogP contribution in [0.5, 0.6) is 5.75 Å². The molecule has 0 radical (unpaired) electrons. The van der Waals surface area contributed by atoms with Gasteiger partial charge in [-0.2, -0.15) is 0 Å². The third-order valence-corrected chi connectivity index (χ3v) is 3.09. The van der Waals surface area contributed by atoms with Gasteiger partial charge in [-0.05, 0) is 25.6 Å². The number of benzene rings is 1. The maximum absolute atomic E-state index is 5.94. The average Bonchev–Trinajstić information content (AvgIpc) is 2.44. The summed E-state index contributed by atoms with van der Waals surface area (Å²) in [6.07, 6.45) is 3.53. The van der Waals surface area contributed by atoms with Crippen molar-refractivity contribution in [2.75, 3.05) is 13.7 Å². The first kappa shape index (κ1) is 13.8. The van der Waals surface area contributed by atoms with Gasteiger partial charge in [-0.25, -0.2) is 0 Å². The van der Waals surface area contributed by atoms with Crippen molar-refractivity contribution in [3.63, 3.8) is 0 Å². The molecule has 1 aromatic carbocycles. The summed E-state index contributed by atoms with van der Waals surface area (Å²) in [5.41, 5.74) is 2.02. The zero-order valence-electron chi connectivity index (χ0n) is 11.8. The number of unbranched alkanes of at least 4 members (excludes halogenated alkanes) is 2. The first-order chi connectivity index (χ1) is 9.35. The third-order valence-electron chi connectivity index (χ3n) is 3.09. The average molecular weight is 258 g/mol. The van der Waals surface area contributed by atoms with Gasteiger partial charge >= 0.3 is 0 Å². The lowest BCUT2D eigenvalue weighted by Crippen LogP contribution is -2.08. The van der Waals surface area contributed by atoms with Crippen molar-refractivity contribution in [3.8, 4) is 5.75 Å².